The molecule has 7 nitrogen and oxygen atoms in total. The van der Waals surface area contributed by atoms with E-state index in [1.54, 1.807) is 24.3 Å². The molecule has 0 atom stereocenters. The third-order valence-electron chi connectivity index (χ3n) is 5.56. The van der Waals surface area contributed by atoms with Crippen molar-refractivity contribution in [3.63, 3.8) is 0 Å². The van der Waals surface area contributed by atoms with Crippen LogP contribution in [0.4, 0.5) is 23.0 Å². The Hall–Kier alpha value is -3.13. The summed E-state index contributed by atoms with van der Waals surface area (Å²) in [7, 11) is -3.63. The molecule has 2 heterocycles. The number of rotatable bonds is 7. The molecule has 0 aliphatic carbocycles. The van der Waals surface area contributed by atoms with E-state index in [2.05, 4.69) is 24.9 Å². The molecule has 0 saturated carbocycles. The molecule has 1 aliphatic heterocycles. The molecular formula is C24H29N5O2S. The molecule has 4 rings (SSSR count). The number of hydrogen-bond acceptors (Lipinski definition) is 6. The maximum Gasteiger partial charge on any atom is 0.261 e. The van der Waals surface area contributed by atoms with Gasteiger partial charge in [0.05, 0.1) is 4.90 Å². The van der Waals surface area contributed by atoms with Crippen molar-refractivity contribution in [3.05, 3.63) is 66.0 Å². The smallest absolute Gasteiger partial charge is 0.261 e. The predicted octanol–water partition coefficient (Wildman–Crippen LogP) is 4.88. The van der Waals surface area contributed by atoms with Crippen molar-refractivity contribution >= 4 is 33.0 Å². The third kappa shape index (κ3) is 5.37. The van der Waals surface area contributed by atoms with Gasteiger partial charge in [-0.15, -0.1) is 0 Å². The first-order valence-electron chi connectivity index (χ1n) is 11.0. The van der Waals surface area contributed by atoms with Gasteiger partial charge in [0, 0.05) is 30.5 Å². The largest absolute Gasteiger partial charge is 0.356 e. The van der Waals surface area contributed by atoms with Crippen LogP contribution in [0.2, 0.25) is 0 Å². The lowest BCUT2D eigenvalue weighted by molar-refractivity contribution is 0.572. The quantitative estimate of drug-likeness (QED) is 0.532. The second-order valence-corrected chi connectivity index (χ2v) is 9.69. The molecule has 0 radical (unpaired) electrons. The molecule has 0 unspecified atom stereocenters. The lowest BCUT2D eigenvalue weighted by Crippen LogP contribution is -2.30. The van der Waals surface area contributed by atoms with Crippen LogP contribution in [-0.2, 0) is 16.4 Å². The number of aromatic nitrogens is 2. The summed E-state index contributed by atoms with van der Waals surface area (Å²) >= 11 is 0. The Kier molecular flexibility index (Phi) is 6.60. The minimum Gasteiger partial charge on any atom is -0.356 e. The summed E-state index contributed by atoms with van der Waals surface area (Å²) in [5.74, 6) is 2.38. The second-order valence-electron chi connectivity index (χ2n) is 8.01. The molecule has 2 aromatic carbocycles. The summed E-state index contributed by atoms with van der Waals surface area (Å²) < 4.78 is 27.9. The van der Waals surface area contributed by atoms with Crippen molar-refractivity contribution in [1.82, 2.24) is 9.97 Å². The topological polar surface area (TPSA) is 87.2 Å². The zero-order chi connectivity index (χ0) is 22.6. The number of benzene rings is 2. The summed E-state index contributed by atoms with van der Waals surface area (Å²) in [6.07, 6.45) is 4.51. The summed E-state index contributed by atoms with van der Waals surface area (Å²) in [4.78, 5) is 11.6. The second kappa shape index (κ2) is 9.56. The van der Waals surface area contributed by atoms with Crippen molar-refractivity contribution in [1.29, 1.82) is 0 Å². The number of sulfonamides is 1. The number of nitrogens with zero attached hydrogens (tertiary/aromatic N) is 3. The van der Waals surface area contributed by atoms with Gasteiger partial charge in [0.1, 0.15) is 17.5 Å². The lowest BCUT2D eigenvalue weighted by atomic mass is 10.1. The molecular weight excluding hydrogens is 422 g/mol. The van der Waals surface area contributed by atoms with Crippen LogP contribution < -0.4 is 14.9 Å². The van der Waals surface area contributed by atoms with Crippen molar-refractivity contribution in [2.45, 2.75) is 44.4 Å². The fourth-order valence-corrected chi connectivity index (χ4v) is 4.85. The molecule has 0 amide bonds. The fourth-order valence-electron chi connectivity index (χ4n) is 3.79. The summed E-state index contributed by atoms with van der Waals surface area (Å²) in [6.45, 7) is 5.97. The van der Waals surface area contributed by atoms with Crippen molar-refractivity contribution in [3.8, 4) is 0 Å². The van der Waals surface area contributed by atoms with Gasteiger partial charge in [0.15, 0.2) is 0 Å². The number of nitrogens with one attached hydrogen (secondary N) is 2. The first kappa shape index (κ1) is 22.1. The average molecular weight is 452 g/mol. The van der Waals surface area contributed by atoms with Crippen LogP contribution in [0, 0.1) is 6.92 Å². The van der Waals surface area contributed by atoms with E-state index >= 15 is 0 Å². The van der Waals surface area contributed by atoms with Crippen LogP contribution in [0.15, 0.2) is 59.5 Å². The van der Waals surface area contributed by atoms with E-state index in [1.165, 1.54) is 19.3 Å². The van der Waals surface area contributed by atoms with Crippen LogP contribution in [-0.4, -0.2) is 31.5 Å². The van der Waals surface area contributed by atoms with Gasteiger partial charge in [-0.1, -0.05) is 19.1 Å². The van der Waals surface area contributed by atoms with E-state index in [9.17, 15) is 8.42 Å². The highest BCUT2D eigenvalue weighted by Crippen LogP contribution is 2.24. The first-order valence-corrected chi connectivity index (χ1v) is 12.5. The molecule has 2 N–H and O–H groups in total. The van der Waals surface area contributed by atoms with E-state index in [4.69, 9.17) is 0 Å². The molecule has 32 heavy (non-hydrogen) atoms. The van der Waals surface area contributed by atoms with E-state index in [1.807, 2.05) is 44.2 Å². The minimum atomic E-state index is -3.63. The Labute approximate surface area is 190 Å². The van der Waals surface area contributed by atoms with E-state index in [0.717, 1.165) is 42.4 Å². The number of hydrogen-bond donors (Lipinski definition) is 2. The molecule has 1 saturated heterocycles. The van der Waals surface area contributed by atoms with Gasteiger partial charge in [0.25, 0.3) is 10.0 Å². The molecule has 0 bridgehead atoms. The van der Waals surface area contributed by atoms with Crippen LogP contribution in [0.5, 0.6) is 0 Å². The summed E-state index contributed by atoms with van der Waals surface area (Å²) in [6, 6.07) is 16.0. The maximum atomic E-state index is 12.7. The van der Waals surface area contributed by atoms with E-state index < -0.39 is 10.0 Å². The highest BCUT2D eigenvalue weighted by atomic mass is 32.2. The van der Waals surface area contributed by atoms with Crippen molar-refractivity contribution in [2.24, 2.45) is 0 Å². The summed E-state index contributed by atoms with van der Waals surface area (Å²) in [5, 5.41) is 3.30. The number of anilines is 4. The Bertz CT molecular complexity index is 1160. The normalized spacial score (nSPS) is 14.2. The lowest BCUT2D eigenvalue weighted by Gasteiger charge is -2.28. The molecule has 1 fully saturated rings. The molecule has 1 aliphatic rings. The SMILES string of the molecule is CCc1ccc(S(=O)(=O)Nc2ccc(Nc3cc(N4CCCCC4)nc(C)n3)cc2)cc1. The highest BCUT2D eigenvalue weighted by Gasteiger charge is 2.15. The van der Waals surface area contributed by atoms with E-state index in [-0.39, 0.29) is 4.90 Å². The highest BCUT2D eigenvalue weighted by molar-refractivity contribution is 7.92. The van der Waals surface area contributed by atoms with Gasteiger partial charge in [-0.25, -0.2) is 18.4 Å². The third-order valence-corrected chi connectivity index (χ3v) is 6.95. The molecule has 168 valence electrons. The molecule has 1 aromatic heterocycles. The molecule has 0 spiro atoms. The zero-order valence-electron chi connectivity index (χ0n) is 18.5. The Morgan fingerprint density at radius 3 is 2.22 bits per heavy atom. The molecule has 3 aromatic rings. The van der Waals surface area contributed by atoms with Crippen LogP contribution in [0.25, 0.3) is 0 Å². The summed E-state index contributed by atoms with van der Waals surface area (Å²) in [5.41, 5.74) is 2.42. The fraction of sp³-hybridized carbons (Fsp3) is 0.333. The van der Waals surface area contributed by atoms with Gasteiger partial charge >= 0.3 is 0 Å². The Balaban J connectivity index is 1.45. The predicted molar refractivity (Wildman–Crippen MR) is 129 cm³/mol. The van der Waals surface area contributed by atoms with Gasteiger partial charge in [-0.2, -0.15) is 0 Å². The monoisotopic (exact) mass is 451 g/mol. The van der Waals surface area contributed by atoms with Crippen LogP contribution in [0.1, 0.15) is 37.6 Å². The van der Waals surface area contributed by atoms with Crippen LogP contribution in [0.3, 0.4) is 0 Å². The van der Waals surface area contributed by atoms with Gasteiger partial charge < -0.3 is 10.2 Å². The number of piperidine rings is 1. The minimum absolute atomic E-state index is 0.249. The Morgan fingerprint density at radius 2 is 1.56 bits per heavy atom. The van der Waals surface area contributed by atoms with Gasteiger partial charge in [0.2, 0.25) is 0 Å². The van der Waals surface area contributed by atoms with Crippen molar-refractivity contribution < 1.29 is 8.42 Å². The molecule has 8 heteroatoms. The van der Waals surface area contributed by atoms with Crippen molar-refractivity contribution in [2.75, 3.05) is 28.0 Å². The van der Waals surface area contributed by atoms with Crippen LogP contribution >= 0.6 is 0 Å². The Morgan fingerprint density at radius 1 is 0.906 bits per heavy atom. The maximum absolute atomic E-state index is 12.7. The standard InChI is InChI=1S/C24H29N5O2S/c1-3-19-7-13-22(14-8-19)32(30,31)28-21-11-9-20(10-12-21)27-23-17-24(26-18(2)25-23)29-15-5-4-6-16-29/h7-14,17,28H,3-6,15-16H2,1-2H3,(H,25,26,27). The first-order chi connectivity index (χ1) is 15.4. The van der Waals surface area contributed by atoms with E-state index in [0.29, 0.717) is 11.5 Å². The average Bonchev–Trinajstić information content (AvgIpc) is 2.80. The zero-order valence-corrected chi connectivity index (χ0v) is 19.3. The number of aryl methyl sites for hydroxylation is 2. The van der Waals surface area contributed by atoms with Gasteiger partial charge in [-0.05, 0) is 74.6 Å². The van der Waals surface area contributed by atoms with Gasteiger partial charge in [-0.3, -0.25) is 4.72 Å².